The highest BCUT2D eigenvalue weighted by atomic mass is 16.5. The molecule has 194 valence electrons. The normalized spacial score (nSPS) is 18.9. The van der Waals surface area contributed by atoms with Crippen molar-refractivity contribution in [1.82, 2.24) is 9.80 Å². The van der Waals surface area contributed by atoms with E-state index in [9.17, 15) is 0 Å². The Bertz CT molecular complexity index is 779. The lowest BCUT2D eigenvalue weighted by atomic mass is 9.97. The van der Waals surface area contributed by atoms with Gasteiger partial charge in [0.2, 0.25) is 0 Å². The molecule has 2 aliphatic rings. The molecule has 0 amide bonds. The lowest BCUT2D eigenvalue weighted by molar-refractivity contribution is 0.0147. The molecule has 0 saturated carbocycles. The molecule has 2 heterocycles. The maximum absolute atomic E-state index is 5.44. The molecule has 35 heavy (non-hydrogen) atoms. The minimum Gasteiger partial charge on any atom is -0.379 e. The minimum absolute atomic E-state index is 0.686. The zero-order valence-corrected chi connectivity index (χ0v) is 22.8. The van der Waals surface area contributed by atoms with Gasteiger partial charge in [0.15, 0.2) is 0 Å². The van der Waals surface area contributed by atoms with E-state index in [0.717, 1.165) is 32.3 Å². The third-order valence-corrected chi connectivity index (χ3v) is 7.62. The third kappa shape index (κ3) is 10.1. The van der Waals surface area contributed by atoms with Crippen LogP contribution in [-0.4, -0.2) is 61.3 Å². The van der Waals surface area contributed by atoms with Gasteiger partial charge in [0, 0.05) is 25.2 Å². The molecule has 2 aromatic rings. The lowest BCUT2D eigenvalue weighted by Gasteiger charge is -2.34. The summed E-state index contributed by atoms with van der Waals surface area (Å²) in [4.78, 5) is 5.33. The number of rotatable bonds is 10. The van der Waals surface area contributed by atoms with Gasteiger partial charge in [0.05, 0.1) is 13.2 Å². The highest BCUT2D eigenvalue weighted by Crippen LogP contribution is 2.19. The van der Waals surface area contributed by atoms with Crippen LogP contribution >= 0.6 is 0 Å². The quantitative estimate of drug-likeness (QED) is 0.368. The number of aryl methyl sites for hydroxylation is 1. The summed E-state index contributed by atoms with van der Waals surface area (Å²) < 4.78 is 5.44. The highest BCUT2D eigenvalue weighted by molar-refractivity contribution is 5.22. The van der Waals surface area contributed by atoms with E-state index in [2.05, 4.69) is 85.2 Å². The van der Waals surface area contributed by atoms with E-state index in [1.54, 1.807) is 0 Å². The Morgan fingerprint density at radius 1 is 0.657 bits per heavy atom. The van der Waals surface area contributed by atoms with Crippen LogP contribution in [0.1, 0.15) is 75.5 Å². The van der Waals surface area contributed by atoms with Crippen molar-refractivity contribution < 1.29 is 4.74 Å². The summed E-state index contributed by atoms with van der Waals surface area (Å²) in [7, 11) is 0. The van der Waals surface area contributed by atoms with Crippen molar-refractivity contribution in [1.29, 1.82) is 0 Å². The van der Waals surface area contributed by atoms with Gasteiger partial charge in [-0.15, -0.1) is 0 Å². The molecule has 0 aliphatic carbocycles. The number of nitrogens with zero attached hydrogens (tertiary/aromatic N) is 2. The first-order chi connectivity index (χ1) is 17.2. The number of morpholine rings is 1. The van der Waals surface area contributed by atoms with Gasteiger partial charge >= 0.3 is 0 Å². The van der Waals surface area contributed by atoms with Crippen molar-refractivity contribution in [2.24, 2.45) is 0 Å². The van der Waals surface area contributed by atoms with E-state index in [0.29, 0.717) is 6.04 Å². The van der Waals surface area contributed by atoms with Crippen molar-refractivity contribution >= 4 is 0 Å². The van der Waals surface area contributed by atoms with Crippen molar-refractivity contribution in [2.45, 2.75) is 90.6 Å². The van der Waals surface area contributed by atoms with E-state index in [1.165, 1.54) is 87.6 Å². The first-order valence-electron chi connectivity index (χ1n) is 14.3. The second kappa shape index (κ2) is 16.1. The summed E-state index contributed by atoms with van der Waals surface area (Å²) in [5, 5.41) is 0. The maximum atomic E-state index is 5.44. The van der Waals surface area contributed by atoms with Gasteiger partial charge in [-0.3, -0.25) is 4.90 Å². The van der Waals surface area contributed by atoms with Gasteiger partial charge in [0.1, 0.15) is 0 Å². The molecular formula is C32H50N2O. The molecule has 2 atom stereocenters. The van der Waals surface area contributed by atoms with Crippen LogP contribution in [0.25, 0.3) is 0 Å². The fourth-order valence-electron chi connectivity index (χ4n) is 5.60. The number of likely N-dealkylation sites (tertiary alicyclic amines) is 1. The molecule has 0 aromatic heterocycles. The molecular weight excluding hydrogens is 428 g/mol. The fraction of sp³-hybridized carbons (Fsp3) is 0.625. The van der Waals surface area contributed by atoms with Gasteiger partial charge in [-0.2, -0.15) is 0 Å². The SMILES string of the molecule is CCCC(Cc1ccc(C)cc1)N1CCCCC1.CCCC(Cc1ccccc1)N1CCOCC1. The van der Waals surface area contributed by atoms with Crippen LogP contribution in [0.2, 0.25) is 0 Å². The minimum atomic E-state index is 0.686. The molecule has 2 saturated heterocycles. The van der Waals surface area contributed by atoms with E-state index < -0.39 is 0 Å². The molecule has 2 aromatic carbocycles. The van der Waals surface area contributed by atoms with Crippen LogP contribution in [0, 0.1) is 6.92 Å². The van der Waals surface area contributed by atoms with Gasteiger partial charge in [-0.05, 0) is 69.7 Å². The summed E-state index contributed by atoms with van der Waals surface area (Å²) in [6, 6.07) is 21.4. The molecule has 4 rings (SSSR count). The highest BCUT2D eigenvalue weighted by Gasteiger charge is 2.21. The van der Waals surface area contributed by atoms with Crippen LogP contribution in [0.4, 0.5) is 0 Å². The van der Waals surface area contributed by atoms with Gasteiger partial charge in [0.25, 0.3) is 0 Å². The van der Waals surface area contributed by atoms with Gasteiger partial charge < -0.3 is 9.64 Å². The summed E-state index contributed by atoms with van der Waals surface area (Å²) in [6.07, 6.45) is 11.8. The number of ether oxygens (including phenoxy) is 1. The second-order valence-electron chi connectivity index (χ2n) is 10.5. The Hall–Kier alpha value is -1.68. The average Bonchev–Trinajstić information content (AvgIpc) is 2.91. The van der Waals surface area contributed by atoms with Gasteiger partial charge in [-0.1, -0.05) is 93.3 Å². The Morgan fingerprint density at radius 2 is 1.17 bits per heavy atom. The Balaban J connectivity index is 0.000000196. The zero-order valence-electron chi connectivity index (χ0n) is 22.8. The fourth-order valence-corrected chi connectivity index (χ4v) is 5.60. The summed E-state index contributed by atoms with van der Waals surface area (Å²) in [5.41, 5.74) is 4.32. The molecule has 2 fully saturated rings. The first kappa shape index (κ1) is 27.9. The van der Waals surface area contributed by atoms with Crippen LogP contribution in [0.5, 0.6) is 0 Å². The molecule has 0 N–H and O–H groups in total. The number of piperidine rings is 1. The predicted octanol–water partition coefficient (Wildman–Crippen LogP) is 6.92. The third-order valence-electron chi connectivity index (χ3n) is 7.62. The molecule has 0 bridgehead atoms. The number of benzene rings is 2. The van der Waals surface area contributed by atoms with Crippen LogP contribution in [0.15, 0.2) is 54.6 Å². The second-order valence-corrected chi connectivity index (χ2v) is 10.5. The van der Waals surface area contributed by atoms with Crippen LogP contribution < -0.4 is 0 Å². The van der Waals surface area contributed by atoms with Crippen LogP contribution in [-0.2, 0) is 17.6 Å². The lowest BCUT2D eigenvalue weighted by Crippen LogP contribution is -2.44. The Labute approximate surface area is 215 Å². The predicted molar refractivity (Wildman–Crippen MR) is 150 cm³/mol. The smallest absolute Gasteiger partial charge is 0.0594 e. The molecule has 3 nitrogen and oxygen atoms in total. The topological polar surface area (TPSA) is 15.7 Å². The van der Waals surface area contributed by atoms with E-state index in [-0.39, 0.29) is 0 Å². The van der Waals surface area contributed by atoms with Crippen molar-refractivity contribution in [2.75, 3.05) is 39.4 Å². The van der Waals surface area contributed by atoms with Crippen molar-refractivity contribution in [3.8, 4) is 0 Å². The first-order valence-corrected chi connectivity index (χ1v) is 14.3. The molecule has 0 radical (unpaired) electrons. The summed E-state index contributed by atoms with van der Waals surface area (Å²) in [5.74, 6) is 0. The van der Waals surface area contributed by atoms with Gasteiger partial charge in [-0.25, -0.2) is 0 Å². The van der Waals surface area contributed by atoms with Crippen molar-refractivity contribution in [3.05, 3.63) is 71.3 Å². The summed E-state index contributed by atoms with van der Waals surface area (Å²) in [6.45, 7) is 13.4. The summed E-state index contributed by atoms with van der Waals surface area (Å²) >= 11 is 0. The Morgan fingerprint density at radius 3 is 1.71 bits per heavy atom. The monoisotopic (exact) mass is 478 g/mol. The number of hydrogen-bond donors (Lipinski definition) is 0. The number of hydrogen-bond acceptors (Lipinski definition) is 3. The molecule has 2 aliphatic heterocycles. The largest absolute Gasteiger partial charge is 0.379 e. The van der Waals surface area contributed by atoms with E-state index in [1.807, 2.05) is 0 Å². The molecule has 2 unspecified atom stereocenters. The van der Waals surface area contributed by atoms with E-state index >= 15 is 0 Å². The Kier molecular flexibility index (Phi) is 12.9. The molecule has 3 heteroatoms. The molecule has 0 spiro atoms. The average molecular weight is 479 g/mol. The van der Waals surface area contributed by atoms with Crippen molar-refractivity contribution in [3.63, 3.8) is 0 Å². The van der Waals surface area contributed by atoms with E-state index in [4.69, 9.17) is 4.74 Å². The maximum Gasteiger partial charge on any atom is 0.0594 e. The zero-order chi connectivity index (χ0) is 24.7. The van der Waals surface area contributed by atoms with Crippen LogP contribution in [0.3, 0.4) is 0 Å². The standard InChI is InChI=1S/C17H27N.C15H23NO/c1-3-7-17(18-12-5-4-6-13-18)14-16-10-8-15(2)9-11-16;1-2-6-15(16-9-11-17-12-10-16)13-14-7-4-3-5-8-14/h8-11,17H,3-7,12-14H2,1-2H3;3-5,7-8,15H,2,6,9-13H2,1H3.